The first kappa shape index (κ1) is 12.1. The van der Waals surface area contributed by atoms with E-state index >= 15 is 0 Å². The molecule has 0 saturated carbocycles. The minimum Gasteiger partial charge on any atom is -0.330 e. The summed E-state index contributed by atoms with van der Waals surface area (Å²) >= 11 is 0. The van der Waals surface area contributed by atoms with Crippen molar-refractivity contribution in [2.45, 2.75) is 19.9 Å². The van der Waals surface area contributed by atoms with Crippen LogP contribution in [0.15, 0.2) is 24.3 Å². The lowest BCUT2D eigenvalue weighted by Crippen LogP contribution is -2.32. The molecular formula is C12H19FN2. The summed E-state index contributed by atoms with van der Waals surface area (Å²) in [5, 5.41) is 0. The Labute approximate surface area is 90.5 Å². The van der Waals surface area contributed by atoms with E-state index in [4.69, 9.17) is 11.5 Å². The number of nitrogens with two attached hydrogens (primary N) is 2. The third-order valence-electron chi connectivity index (χ3n) is 2.85. The average molecular weight is 210 g/mol. The maximum Gasteiger partial charge on any atom is 0.127 e. The molecule has 4 N–H and O–H groups in total. The van der Waals surface area contributed by atoms with Crippen molar-refractivity contribution in [1.29, 1.82) is 0 Å². The van der Waals surface area contributed by atoms with Crippen LogP contribution < -0.4 is 11.5 Å². The monoisotopic (exact) mass is 210 g/mol. The van der Waals surface area contributed by atoms with Gasteiger partial charge in [0, 0.05) is 11.6 Å². The normalized spacial score (nSPS) is 15.3. The quantitative estimate of drug-likeness (QED) is 0.799. The molecule has 1 rings (SSSR count). The van der Waals surface area contributed by atoms with Crippen LogP contribution in [-0.2, 0) is 0 Å². The van der Waals surface area contributed by atoms with Crippen molar-refractivity contribution in [2.24, 2.45) is 23.3 Å². The van der Waals surface area contributed by atoms with Gasteiger partial charge >= 0.3 is 0 Å². The van der Waals surface area contributed by atoms with E-state index in [1.807, 2.05) is 0 Å². The maximum atomic E-state index is 13.5. The van der Waals surface area contributed by atoms with Gasteiger partial charge in [-0.05, 0) is 24.4 Å². The van der Waals surface area contributed by atoms with Crippen LogP contribution in [0.3, 0.4) is 0 Å². The van der Waals surface area contributed by atoms with E-state index < -0.39 is 0 Å². The Bertz CT molecular complexity index is 312. The fraction of sp³-hybridized carbons (Fsp3) is 0.500. The topological polar surface area (TPSA) is 52.0 Å². The smallest absolute Gasteiger partial charge is 0.127 e. The molecule has 0 fully saturated rings. The summed E-state index contributed by atoms with van der Waals surface area (Å²) < 4.78 is 13.5. The van der Waals surface area contributed by atoms with Crippen LogP contribution in [0.2, 0.25) is 0 Å². The highest BCUT2D eigenvalue weighted by molar-refractivity contribution is 5.21. The molecule has 0 radical (unpaired) electrons. The van der Waals surface area contributed by atoms with E-state index in [1.54, 1.807) is 18.2 Å². The summed E-state index contributed by atoms with van der Waals surface area (Å²) in [6.45, 7) is 4.59. The summed E-state index contributed by atoms with van der Waals surface area (Å²) in [7, 11) is 0. The molecule has 0 aliphatic rings. The molecule has 0 heterocycles. The van der Waals surface area contributed by atoms with Gasteiger partial charge in [0.2, 0.25) is 0 Å². The largest absolute Gasteiger partial charge is 0.330 e. The van der Waals surface area contributed by atoms with Gasteiger partial charge in [-0.3, -0.25) is 0 Å². The first-order valence-electron chi connectivity index (χ1n) is 5.28. The lowest BCUT2D eigenvalue weighted by atomic mass is 9.85. The first-order valence-corrected chi connectivity index (χ1v) is 5.28. The molecule has 2 unspecified atom stereocenters. The average Bonchev–Trinajstić information content (AvgIpc) is 2.18. The van der Waals surface area contributed by atoms with Gasteiger partial charge in [-0.25, -0.2) is 4.39 Å². The van der Waals surface area contributed by atoms with Gasteiger partial charge < -0.3 is 11.5 Å². The summed E-state index contributed by atoms with van der Waals surface area (Å²) in [6.07, 6.45) is 0. The number of halogens is 1. The fourth-order valence-electron chi connectivity index (χ4n) is 1.81. The second-order valence-corrected chi connectivity index (χ2v) is 4.19. The van der Waals surface area contributed by atoms with Crippen molar-refractivity contribution < 1.29 is 4.39 Å². The molecule has 0 aliphatic carbocycles. The third kappa shape index (κ3) is 2.76. The lowest BCUT2D eigenvalue weighted by Gasteiger charge is -2.26. The van der Waals surface area contributed by atoms with E-state index in [2.05, 4.69) is 13.8 Å². The Kier molecular flexibility index (Phi) is 4.24. The fourth-order valence-corrected chi connectivity index (χ4v) is 1.81. The Morgan fingerprint density at radius 2 is 1.87 bits per heavy atom. The molecule has 0 aromatic heterocycles. The number of hydrogen-bond acceptors (Lipinski definition) is 2. The number of benzene rings is 1. The second kappa shape index (κ2) is 5.24. The molecule has 0 aliphatic heterocycles. The molecule has 2 nitrogen and oxygen atoms in total. The van der Waals surface area contributed by atoms with Crippen molar-refractivity contribution in [1.82, 2.24) is 0 Å². The zero-order valence-electron chi connectivity index (χ0n) is 9.28. The van der Waals surface area contributed by atoms with Gasteiger partial charge in [0.05, 0.1) is 0 Å². The van der Waals surface area contributed by atoms with Crippen molar-refractivity contribution >= 4 is 0 Å². The van der Waals surface area contributed by atoms with Gasteiger partial charge in [0.15, 0.2) is 0 Å². The number of hydrogen-bond donors (Lipinski definition) is 2. The molecule has 0 saturated heterocycles. The summed E-state index contributed by atoms with van der Waals surface area (Å²) in [5.41, 5.74) is 12.2. The zero-order chi connectivity index (χ0) is 11.4. The molecule has 3 heteroatoms. The highest BCUT2D eigenvalue weighted by atomic mass is 19.1. The van der Waals surface area contributed by atoms with Gasteiger partial charge in [-0.15, -0.1) is 0 Å². The Hall–Kier alpha value is -0.930. The number of rotatable bonds is 4. The minimum atomic E-state index is -0.323. The van der Waals surface area contributed by atoms with Crippen LogP contribution in [0.4, 0.5) is 4.39 Å². The Morgan fingerprint density at radius 3 is 2.33 bits per heavy atom. The van der Waals surface area contributed by atoms with Gasteiger partial charge in [-0.1, -0.05) is 32.0 Å². The standard InChI is InChI=1S/C12H19FN2/c1-8(2)10(7-14)12(15)9-5-3-4-6-11(9)13/h3-6,8,10,12H,7,14-15H2,1-2H3. The van der Waals surface area contributed by atoms with Crippen LogP contribution in [0.5, 0.6) is 0 Å². The molecule has 15 heavy (non-hydrogen) atoms. The van der Waals surface area contributed by atoms with Gasteiger partial charge in [0.1, 0.15) is 5.82 Å². The lowest BCUT2D eigenvalue weighted by molar-refractivity contribution is 0.325. The van der Waals surface area contributed by atoms with Crippen LogP contribution in [0.1, 0.15) is 25.5 Å². The van der Waals surface area contributed by atoms with Gasteiger partial charge in [-0.2, -0.15) is 0 Å². The van der Waals surface area contributed by atoms with Crippen LogP contribution >= 0.6 is 0 Å². The highest BCUT2D eigenvalue weighted by Gasteiger charge is 2.23. The Balaban J connectivity index is 2.92. The molecule has 1 aromatic rings. The summed E-state index contributed by atoms with van der Waals surface area (Å²) in [4.78, 5) is 0. The Morgan fingerprint density at radius 1 is 1.27 bits per heavy atom. The van der Waals surface area contributed by atoms with Crippen molar-refractivity contribution in [3.05, 3.63) is 35.6 Å². The summed E-state index contributed by atoms with van der Waals surface area (Å²) in [5.74, 6) is 0.218. The molecule has 84 valence electrons. The van der Waals surface area contributed by atoms with Crippen LogP contribution in [0.25, 0.3) is 0 Å². The van der Waals surface area contributed by atoms with E-state index in [0.29, 0.717) is 18.0 Å². The molecule has 0 amide bonds. The van der Waals surface area contributed by atoms with Crippen molar-refractivity contribution in [3.8, 4) is 0 Å². The van der Waals surface area contributed by atoms with E-state index in [-0.39, 0.29) is 17.8 Å². The van der Waals surface area contributed by atoms with Gasteiger partial charge in [0.25, 0.3) is 0 Å². The molecular weight excluding hydrogens is 191 g/mol. The molecule has 0 bridgehead atoms. The van der Waals surface area contributed by atoms with Crippen molar-refractivity contribution in [3.63, 3.8) is 0 Å². The van der Waals surface area contributed by atoms with Crippen LogP contribution in [-0.4, -0.2) is 6.54 Å². The van der Waals surface area contributed by atoms with Crippen LogP contribution in [0, 0.1) is 17.7 Å². The van der Waals surface area contributed by atoms with E-state index in [0.717, 1.165) is 0 Å². The van der Waals surface area contributed by atoms with Crippen molar-refractivity contribution in [2.75, 3.05) is 6.54 Å². The van der Waals surface area contributed by atoms with E-state index in [1.165, 1.54) is 6.07 Å². The highest BCUT2D eigenvalue weighted by Crippen LogP contribution is 2.26. The predicted octanol–water partition coefficient (Wildman–Crippen LogP) is 2.06. The predicted molar refractivity (Wildman–Crippen MR) is 60.7 cm³/mol. The molecule has 1 aromatic carbocycles. The first-order chi connectivity index (χ1) is 7.07. The third-order valence-corrected chi connectivity index (χ3v) is 2.85. The minimum absolute atomic E-state index is 0.113. The summed E-state index contributed by atoms with van der Waals surface area (Å²) in [6, 6.07) is 6.30. The zero-order valence-corrected chi connectivity index (χ0v) is 9.28. The molecule has 2 atom stereocenters. The SMILES string of the molecule is CC(C)C(CN)C(N)c1ccccc1F. The second-order valence-electron chi connectivity index (χ2n) is 4.19. The maximum absolute atomic E-state index is 13.5. The van der Waals surface area contributed by atoms with E-state index in [9.17, 15) is 4.39 Å². The molecule has 0 spiro atoms.